The van der Waals surface area contributed by atoms with Crippen molar-refractivity contribution in [1.82, 2.24) is 4.90 Å². The summed E-state index contributed by atoms with van der Waals surface area (Å²) in [6.07, 6.45) is 1.50. The van der Waals surface area contributed by atoms with Gasteiger partial charge in [-0.15, -0.1) is 0 Å². The Morgan fingerprint density at radius 2 is 1.73 bits per heavy atom. The number of nitrogens with one attached hydrogen (secondary N) is 2. The van der Waals surface area contributed by atoms with Gasteiger partial charge in [-0.25, -0.2) is 4.79 Å². The molecule has 3 aromatic rings. The molecule has 0 aromatic heterocycles. The molecule has 0 spiro atoms. The summed E-state index contributed by atoms with van der Waals surface area (Å²) in [5.74, 6) is -1.66. The lowest BCUT2D eigenvalue weighted by Gasteiger charge is -2.14. The van der Waals surface area contributed by atoms with Crippen molar-refractivity contribution in [3.8, 4) is 11.5 Å². The van der Waals surface area contributed by atoms with E-state index in [1.165, 1.54) is 31.4 Å². The first-order valence-electron chi connectivity index (χ1n) is 13.3. The minimum atomic E-state index is -0.683. The molecule has 228 valence electrons. The number of carbonyl (C=O) groups is 5. The van der Waals surface area contributed by atoms with Gasteiger partial charge in [0.05, 0.1) is 29.2 Å². The number of hydrogen-bond donors (Lipinski definition) is 2. The van der Waals surface area contributed by atoms with Crippen LogP contribution < -0.4 is 20.1 Å². The van der Waals surface area contributed by atoms with E-state index in [1.807, 2.05) is 25.1 Å². The first kappa shape index (κ1) is 32.1. The average Bonchev–Trinajstić information content (AvgIpc) is 3.25. The summed E-state index contributed by atoms with van der Waals surface area (Å²) < 4.78 is 16.1. The van der Waals surface area contributed by atoms with E-state index in [0.717, 1.165) is 10.5 Å². The van der Waals surface area contributed by atoms with Crippen molar-refractivity contribution >= 4 is 69.7 Å². The summed E-state index contributed by atoms with van der Waals surface area (Å²) in [6.45, 7) is 3.19. The number of anilines is 2. The number of nitrogens with zero attached hydrogens (tertiary/aromatic N) is 1. The van der Waals surface area contributed by atoms with E-state index in [0.29, 0.717) is 41.1 Å². The fraction of sp³-hybridized carbons (Fsp3) is 0.194. The molecule has 44 heavy (non-hydrogen) atoms. The number of aryl methyl sites for hydroxylation is 1. The summed E-state index contributed by atoms with van der Waals surface area (Å²) in [7, 11) is 1.20. The quantitative estimate of drug-likeness (QED) is 0.205. The number of hydrogen-bond acceptors (Lipinski definition) is 9. The number of benzene rings is 3. The lowest BCUT2D eigenvalue weighted by Crippen LogP contribution is -2.36. The molecule has 13 heteroatoms. The molecule has 1 heterocycles. The molecule has 2 N–H and O–H groups in total. The summed E-state index contributed by atoms with van der Waals surface area (Å²) in [5.41, 5.74) is 2.43. The number of methoxy groups -OCH3 is 1. The number of thioether (sulfide) groups is 1. The van der Waals surface area contributed by atoms with Gasteiger partial charge in [0.2, 0.25) is 5.91 Å². The zero-order valence-electron chi connectivity index (χ0n) is 24.0. The minimum Gasteiger partial charge on any atom is -0.490 e. The SMILES string of the molecule is CCOc1cc(/C=C2\SC(=O)N(CC(=O)Nc3ccc(Cl)c(C(=O)OC)c3)C2=O)ccc1OCC(=O)Nc1ccccc1C. The van der Waals surface area contributed by atoms with Crippen LogP contribution >= 0.6 is 23.4 Å². The monoisotopic (exact) mass is 637 g/mol. The van der Waals surface area contributed by atoms with Crippen LogP contribution in [0.4, 0.5) is 16.2 Å². The molecule has 0 radical (unpaired) electrons. The number of ether oxygens (including phenoxy) is 3. The second kappa shape index (κ2) is 14.6. The first-order valence-corrected chi connectivity index (χ1v) is 14.5. The highest BCUT2D eigenvalue weighted by molar-refractivity contribution is 8.18. The van der Waals surface area contributed by atoms with Crippen molar-refractivity contribution in [3.05, 3.63) is 87.3 Å². The van der Waals surface area contributed by atoms with Crippen LogP contribution in [0.15, 0.2) is 65.6 Å². The van der Waals surface area contributed by atoms with E-state index >= 15 is 0 Å². The normalized spacial score (nSPS) is 13.5. The van der Waals surface area contributed by atoms with E-state index in [9.17, 15) is 24.0 Å². The summed E-state index contributed by atoms with van der Waals surface area (Å²) in [6, 6.07) is 16.5. The standard InChI is InChI=1S/C31H28ClN3O8S/c1-4-42-25-13-19(9-12-24(25)43-17-28(37)34-23-8-6-5-7-18(23)2)14-26-29(38)35(31(40)44-26)16-27(36)33-20-10-11-22(32)21(15-20)30(39)41-3/h5-15H,4,16-17H2,1-3H3,(H,33,36)(H,34,37)/b26-14-. The Morgan fingerprint density at radius 1 is 0.955 bits per heavy atom. The van der Waals surface area contributed by atoms with Gasteiger partial charge in [0.1, 0.15) is 6.54 Å². The number of para-hydroxylation sites is 1. The van der Waals surface area contributed by atoms with Gasteiger partial charge in [-0.2, -0.15) is 0 Å². The zero-order valence-corrected chi connectivity index (χ0v) is 25.5. The number of halogens is 1. The van der Waals surface area contributed by atoms with Crippen molar-refractivity contribution in [2.45, 2.75) is 13.8 Å². The van der Waals surface area contributed by atoms with E-state index in [2.05, 4.69) is 15.4 Å². The topological polar surface area (TPSA) is 140 Å². The molecule has 0 unspecified atom stereocenters. The third kappa shape index (κ3) is 7.97. The van der Waals surface area contributed by atoms with Crippen LogP contribution in [0.5, 0.6) is 11.5 Å². The molecule has 0 saturated carbocycles. The highest BCUT2D eigenvalue weighted by Gasteiger charge is 2.36. The molecule has 1 aliphatic heterocycles. The van der Waals surface area contributed by atoms with Crippen molar-refractivity contribution in [1.29, 1.82) is 0 Å². The van der Waals surface area contributed by atoms with Gasteiger partial charge < -0.3 is 24.8 Å². The van der Waals surface area contributed by atoms with Gasteiger partial charge in [0, 0.05) is 11.4 Å². The predicted molar refractivity (Wildman–Crippen MR) is 167 cm³/mol. The lowest BCUT2D eigenvalue weighted by atomic mass is 10.2. The van der Waals surface area contributed by atoms with E-state index in [1.54, 1.807) is 31.2 Å². The molecule has 0 bridgehead atoms. The van der Waals surface area contributed by atoms with Crippen molar-refractivity contribution in [3.63, 3.8) is 0 Å². The van der Waals surface area contributed by atoms with Crippen molar-refractivity contribution in [2.24, 2.45) is 0 Å². The Bertz CT molecular complexity index is 1660. The summed E-state index contributed by atoms with van der Waals surface area (Å²) >= 11 is 6.70. The average molecular weight is 638 g/mol. The van der Waals surface area contributed by atoms with Gasteiger partial charge in [-0.1, -0.05) is 35.9 Å². The van der Waals surface area contributed by atoms with Crippen LogP contribution in [0.2, 0.25) is 5.02 Å². The molecular formula is C31H28ClN3O8S. The Kier molecular flexibility index (Phi) is 10.6. The first-order chi connectivity index (χ1) is 21.1. The van der Waals surface area contributed by atoms with Crippen molar-refractivity contribution in [2.75, 3.05) is 37.5 Å². The number of esters is 1. The molecule has 0 aliphatic carbocycles. The maximum atomic E-state index is 13.0. The van der Waals surface area contributed by atoms with Gasteiger partial charge in [-0.05, 0) is 79.2 Å². The molecular weight excluding hydrogens is 610 g/mol. The third-order valence-electron chi connectivity index (χ3n) is 6.17. The molecule has 1 aliphatic rings. The Balaban J connectivity index is 1.41. The molecule has 3 aromatic carbocycles. The second-order valence-corrected chi connectivity index (χ2v) is 10.7. The lowest BCUT2D eigenvalue weighted by molar-refractivity contribution is -0.127. The minimum absolute atomic E-state index is 0.0504. The van der Waals surface area contributed by atoms with Crippen LogP contribution in [0.3, 0.4) is 0 Å². The number of carbonyl (C=O) groups excluding carboxylic acids is 5. The van der Waals surface area contributed by atoms with E-state index in [4.69, 9.17) is 21.1 Å². The van der Waals surface area contributed by atoms with Crippen LogP contribution in [0.1, 0.15) is 28.4 Å². The highest BCUT2D eigenvalue weighted by atomic mass is 35.5. The fourth-order valence-corrected chi connectivity index (χ4v) is 5.08. The Hall–Kier alpha value is -4.81. The van der Waals surface area contributed by atoms with Crippen LogP contribution in [0, 0.1) is 6.92 Å². The van der Waals surface area contributed by atoms with Crippen LogP contribution in [0.25, 0.3) is 6.08 Å². The van der Waals surface area contributed by atoms with Crippen LogP contribution in [-0.4, -0.2) is 60.7 Å². The Morgan fingerprint density at radius 3 is 2.45 bits per heavy atom. The van der Waals surface area contributed by atoms with Crippen LogP contribution in [-0.2, 0) is 19.1 Å². The smallest absolute Gasteiger partial charge is 0.339 e. The molecule has 4 rings (SSSR count). The van der Waals surface area contributed by atoms with E-state index in [-0.39, 0.29) is 33.7 Å². The largest absolute Gasteiger partial charge is 0.490 e. The van der Waals surface area contributed by atoms with Gasteiger partial charge in [0.25, 0.3) is 17.1 Å². The predicted octanol–water partition coefficient (Wildman–Crippen LogP) is 5.53. The number of rotatable bonds is 11. The molecule has 1 fully saturated rings. The number of amides is 4. The molecule has 1 saturated heterocycles. The van der Waals surface area contributed by atoms with Gasteiger partial charge >= 0.3 is 5.97 Å². The maximum absolute atomic E-state index is 13.0. The molecule has 0 atom stereocenters. The maximum Gasteiger partial charge on any atom is 0.339 e. The molecule has 4 amide bonds. The second-order valence-electron chi connectivity index (χ2n) is 9.29. The highest BCUT2D eigenvalue weighted by Crippen LogP contribution is 2.35. The summed E-state index contributed by atoms with van der Waals surface area (Å²) in [4.78, 5) is 63.5. The zero-order chi connectivity index (χ0) is 31.8. The Labute approximate surface area is 262 Å². The fourth-order valence-electron chi connectivity index (χ4n) is 4.05. The van der Waals surface area contributed by atoms with Crippen molar-refractivity contribution < 1.29 is 38.2 Å². The molecule has 11 nitrogen and oxygen atoms in total. The van der Waals surface area contributed by atoms with E-state index < -0.39 is 29.6 Å². The van der Waals surface area contributed by atoms with Gasteiger partial charge in [-0.3, -0.25) is 24.1 Å². The summed E-state index contributed by atoms with van der Waals surface area (Å²) in [5, 5.41) is 4.87. The third-order valence-corrected chi connectivity index (χ3v) is 7.41. The number of imide groups is 1. The van der Waals surface area contributed by atoms with Gasteiger partial charge in [0.15, 0.2) is 18.1 Å².